The van der Waals surface area contributed by atoms with E-state index in [1.807, 2.05) is 12.1 Å². The summed E-state index contributed by atoms with van der Waals surface area (Å²) in [6.45, 7) is 2.36. The van der Waals surface area contributed by atoms with Gasteiger partial charge in [0.05, 0.1) is 24.3 Å². The number of halogens is 2. The third kappa shape index (κ3) is 6.67. The van der Waals surface area contributed by atoms with Crippen LogP contribution < -0.4 is 14.8 Å². The van der Waals surface area contributed by atoms with Crippen LogP contribution in [0.2, 0.25) is 5.02 Å². The molecular formula is C27H31ClFN5O3. The molecule has 0 spiro atoms. The molecule has 1 saturated heterocycles. The maximum absolute atomic E-state index is 13.6. The van der Waals surface area contributed by atoms with Gasteiger partial charge in [0.15, 0.2) is 11.5 Å². The third-order valence-electron chi connectivity index (χ3n) is 6.27. The van der Waals surface area contributed by atoms with Crippen LogP contribution in [0.15, 0.2) is 48.8 Å². The molecule has 1 amide bonds. The highest BCUT2D eigenvalue weighted by Crippen LogP contribution is 2.35. The van der Waals surface area contributed by atoms with Crippen molar-refractivity contribution in [3.8, 4) is 11.5 Å². The Bertz CT molecular complexity index is 1290. The summed E-state index contributed by atoms with van der Waals surface area (Å²) in [5, 5.41) is 3.93. The Morgan fingerprint density at radius 1 is 1.27 bits per heavy atom. The average Bonchev–Trinajstić information content (AvgIpc) is 3.34. The monoisotopic (exact) mass is 527 g/mol. The molecule has 4 rings (SSSR count). The van der Waals surface area contributed by atoms with Gasteiger partial charge < -0.3 is 19.7 Å². The van der Waals surface area contributed by atoms with Gasteiger partial charge in [0.2, 0.25) is 5.91 Å². The van der Waals surface area contributed by atoms with E-state index < -0.39 is 5.82 Å². The second kappa shape index (κ2) is 12.2. The van der Waals surface area contributed by atoms with Crippen molar-refractivity contribution in [1.29, 1.82) is 0 Å². The molecule has 0 unspecified atom stereocenters. The van der Waals surface area contributed by atoms with Gasteiger partial charge in [-0.3, -0.25) is 9.69 Å². The molecule has 1 N–H and O–H groups in total. The zero-order valence-corrected chi connectivity index (χ0v) is 22.0. The Kier molecular flexibility index (Phi) is 8.78. The Hall–Kier alpha value is -3.43. The van der Waals surface area contributed by atoms with E-state index in [0.717, 1.165) is 37.7 Å². The molecule has 196 valence electrons. The molecule has 2 heterocycles. The van der Waals surface area contributed by atoms with Gasteiger partial charge in [-0.25, -0.2) is 14.4 Å². The molecule has 2 aromatic carbocycles. The molecule has 0 aliphatic carbocycles. The molecular weight excluding hydrogens is 497 g/mol. The van der Waals surface area contributed by atoms with E-state index in [-0.39, 0.29) is 17.0 Å². The van der Waals surface area contributed by atoms with Gasteiger partial charge in [-0.05, 0) is 50.1 Å². The Morgan fingerprint density at radius 2 is 2.11 bits per heavy atom. The average molecular weight is 528 g/mol. The number of anilines is 2. The van der Waals surface area contributed by atoms with Gasteiger partial charge in [0.1, 0.15) is 18.0 Å². The van der Waals surface area contributed by atoms with Gasteiger partial charge in [0, 0.05) is 49.9 Å². The highest BCUT2D eigenvalue weighted by atomic mass is 35.5. The van der Waals surface area contributed by atoms with Gasteiger partial charge in [0.25, 0.3) is 0 Å². The van der Waals surface area contributed by atoms with E-state index >= 15 is 0 Å². The lowest BCUT2D eigenvalue weighted by atomic mass is 10.2. The molecule has 10 heteroatoms. The molecule has 1 aliphatic rings. The Labute approximate surface area is 221 Å². The molecule has 0 bridgehead atoms. The van der Waals surface area contributed by atoms with Crippen LogP contribution in [0.4, 0.5) is 15.9 Å². The number of benzene rings is 2. The van der Waals surface area contributed by atoms with Crippen molar-refractivity contribution < 1.29 is 18.7 Å². The van der Waals surface area contributed by atoms with E-state index in [4.69, 9.17) is 21.1 Å². The van der Waals surface area contributed by atoms with Gasteiger partial charge >= 0.3 is 0 Å². The number of nitrogens with zero attached hydrogens (tertiary/aromatic N) is 4. The van der Waals surface area contributed by atoms with E-state index in [2.05, 4.69) is 20.2 Å². The first-order valence-electron chi connectivity index (χ1n) is 12.2. The van der Waals surface area contributed by atoms with Crippen molar-refractivity contribution in [3.63, 3.8) is 0 Å². The minimum atomic E-state index is -0.487. The Balaban J connectivity index is 1.42. The number of methoxy groups -OCH3 is 1. The molecule has 1 atom stereocenters. The zero-order valence-electron chi connectivity index (χ0n) is 21.2. The summed E-state index contributed by atoms with van der Waals surface area (Å²) in [5.74, 6) is 1.21. The topological polar surface area (TPSA) is 79.8 Å². The molecule has 1 fully saturated rings. The van der Waals surface area contributed by atoms with Gasteiger partial charge in [-0.1, -0.05) is 17.7 Å². The fourth-order valence-corrected chi connectivity index (χ4v) is 4.47. The number of ether oxygens (including phenoxy) is 2. The highest BCUT2D eigenvalue weighted by Gasteiger charge is 2.22. The largest absolute Gasteiger partial charge is 0.493 e. The normalized spacial score (nSPS) is 15.9. The summed E-state index contributed by atoms with van der Waals surface area (Å²) in [6.07, 6.45) is 8.09. The minimum Gasteiger partial charge on any atom is -0.493 e. The summed E-state index contributed by atoms with van der Waals surface area (Å²) in [7, 11) is 5.09. The summed E-state index contributed by atoms with van der Waals surface area (Å²) >= 11 is 5.93. The van der Waals surface area contributed by atoms with Crippen molar-refractivity contribution in [1.82, 2.24) is 19.8 Å². The van der Waals surface area contributed by atoms with Crippen LogP contribution in [0.1, 0.15) is 19.3 Å². The number of amides is 1. The number of hydrogen-bond donors (Lipinski definition) is 1. The smallest absolute Gasteiger partial charge is 0.245 e. The van der Waals surface area contributed by atoms with E-state index in [1.165, 1.54) is 18.5 Å². The van der Waals surface area contributed by atoms with Crippen LogP contribution in [-0.2, 0) is 4.79 Å². The summed E-state index contributed by atoms with van der Waals surface area (Å²) in [5.41, 5.74) is 1.28. The number of fused-ring (bicyclic) bond motifs is 1. The fourth-order valence-electron chi connectivity index (χ4n) is 4.29. The number of carbonyl (C=O) groups excluding carboxylic acids is 1. The molecule has 0 saturated carbocycles. The maximum Gasteiger partial charge on any atom is 0.245 e. The minimum absolute atomic E-state index is 0.000975. The van der Waals surface area contributed by atoms with E-state index in [0.29, 0.717) is 35.1 Å². The first-order valence-corrected chi connectivity index (χ1v) is 12.5. The van der Waals surface area contributed by atoms with Crippen LogP contribution in [0.5, 0.6) is 11.5 Å². The highest BCUT2D eigenvalue weighted by molar-refractivity contribution is 6.31. The van der Waals surface area contributed by atoms with Crippen LogP contribution >= 0.6 is 11.6 Å². The van der Waals surface area contributed by atoms with E-state index in [1.54, 1.807) is 44.3 Å². The van der Waals surface area contributed by atoms with Crippen molar-refractivity contribution in [2.24, 2.45) is 0 Å². The predicted octanol–water partition coefficient (Wildman–Crippen LogP) is 5.05. The molecule has 8 nitrogen and oxygen atoms in total. The second-order valence-electron chi connectivity index (χ2n) is 9.04. The number of nitrogens with one attached hydrogen (secondary N) is 1. The lowest BCUT2D eigenvalue weighted by molar-refractivity contribution is -0.123. The van der Waals surface area contributed by atoms with Crippen LogP contribution in [0, 0.1) is 5.82 Å². The molecule has 1 aromatic heterocycles. The second-order valence-corrected chi connectivity index (χ2v) is 9.44. The van der Waals surface area contributed by atoms with Crippen LogP contribution in [-0.4, -0.2) is 72.6 Å². The van der Waals surface area contributed by atoms with Crippen molar-refractivity contribution in [2.45, 2.75) is 25.3 Å². The predicted molar refractivity (Wildman–Crippen MR) is 143 cm³/mol. The van der Waals surface area contributed by atoms with Crippen LogP contribution in [0.25, 0.3) is 10.9 Å². The standard InChI is InChI=1S/C27H31ClFN5O3/c1-33(2)26(35)10-8-19-6-4-11-34(19)12-5-13-37-25-15-20-23(16-24(25)36-3)30-17-31-27(20)32-18-7-9-22(29)21(28)14-18/h7-10,14-17,19H,4-6,11-13H2,1-3H3,(H,30,31,32)/b10-8+/t19-/m0/s1. The van der Waals surface area contributed by atoms with Gasteiger partial charge in [-0.2, -0.15) is 0 Å². The van der Waals surface area contributed by atoms with Crippen molar-refractivity contribution in [3.05, 3.63) is 59.7 Å². The van der Waals surface area contributed by atoms with Crippen molar-refractivity contribution >= 4 is 39.9 Å². The first-order chi connectivity index (χ1) is 17.9. The number of likely N-dealkylation sites (N-methyl/N-ethyl adjacent to an activating group) is 1. The van der Waals surface area contributed by atoms with Crippen LogP contribution in [0.3, 0.4) is 0 Å². The molecule has 0 radical (unpaired) electrons. The number of hydrogen-bond acceptors (Lipinski definition) is 7. The Morgan fingerprint density at radius 3 is 2.86 bits per heavy atom. The maximum atomic E-state index is 13.6. The number of rotatable bonds is 10. The molecule has 1 aliphatic heterocycles. The lowest BCUT2D eigenvalue weighted by Crippen LogP contribution is -2.30. The number of carbonyl (C=O) groups is 1. The lowest BCUT2D eigenvalue weighted by Gasteiger charge is -2.22. The molecule has 37 heavy (non-hydrogen) atoms. The summed E-state index contributed by atoms with van der Waals surface area (Å²) in [4.78, 5) is 24.5. The number of likely N-dealkylation sites (tertiary alicyclic amines) is 1. The van der Waals surface area contributed by atoms with Gasteiger partial charge in [-0.15, -0.1) is 0 Å². The quantitative estimate of drug-likeness (QED) is 0.292. The zero-order chi connectivity index (χ0) is 26.4. The molecule has 3 aromatic rings. The van der Waals surface area contributed by atoms with Crippen molar-refractivity contribution in [2.75, 3.05) is 46.2 Å². The number of aromatic nitrogens is 2. The SMILES string of the molecule is COc1cc2ncnc(Nc3ccc(F)c(Cl)c3)c2cc1OCCCN1CCC[C@H]1/C=C/C(=O)N(C)C. The fraction of sp³-hybridized carbons (Fsp3) is 0.370. The summed E-state index contributed by atoms with van der Waals surface area (Å²) < 4.78 is 25.2. The summed E-state index contributed by atoms with van der Waals surface area (Å²) in [6, 6.07) is 8.31. The first kappa shape index (κ1) is 26.6. The third-order valence-corrected chi connectivity index (χ3v) is 6.56. The van der Waals surface area contributed by atoms with E-state index in [9.17, 15) is 9.18 Å².